The van der Waals surface area contributed by atoms with Crippen LogP contribution in [-0.2, 0) is 16.6 Å². The van der Waals surface area contributed by atoms with E-state index >= 15 is 4.39 Å². The number of carbonyl (C=O) groups excluding carboxylic acids is 2. The number of anilines is 1. The monoisotopic (exact) mass is 423 g/mol. The maximum absolute atomic E-state index is 15.8. The van der Waals surface area contributed by atoms with Gasteiger partial charge in [0.15, 0.2) is 5.13 Å². The van der Waals surface area contributed by atoms with Gasteiger partial charge < -0.3 is 5.32 Å². The molecule has 1 N–H and O–H groups in total. The molecule has 1 unspecified atom stereocenters. The van der Waals surface area contributed by atoms with Crippen LogP contribution in [0.1, 0.15) is 21.5 Å². The minimum atomic E-state index is -4.80. The number of hydrogen-bond acceptors (Lipinski definition) is 3. The van der Waals surface area contributed by atoms with Crippen LogP contribution in [0.2, 0.25) is 0 Å². The standard InChI is InChI=1S/C20H10F5NO2S/c21-16-13(10-5-2-1-3-6-10)14-15(27)19(22,18(28)26-17(14)29-16)11-7-4-8-12(9-11)20(23,24)25/h1-9H,(H,26,28). The molecule has 2 heterocycles. The predicted octanol–water partition coefficient (Wildman–Crippen LogP) is 5.57. The number of amides is 1. The Kier molecular flexibility index (Phi) is 4.30. The van der Waals surface area contributed by atoms with Crippen molar-refractivity contribution in [3.63, 3.8) is 0 Å². The van der Waals surface area contributed by atoms with Crippen molar-refractivity contribution in [1.82, 2.24) is 0 Å². The van der Waals surface area contributed by atoms with Crippen LogP contribution >= 0.6 is 11.3 Å². The number of Topliss-reactive ketones (excluding diaryl/α,β-unsaturated/α-hetero) is 1. The minimum absolute atomic E-state index is 0.184. The van der Waals surface area contributed by atoms with Gasteiger partial charge in [-0.05, 0) is 17.7 Å². The van der Waals surface area contributed by atoms with Crippen molar-refractivity contribution in [3.05, 3.63) is 76.4 Å². The van der Waals surface area contributed by atoms with Crippen LogP contribution in [-0.4, -0.2) is 11.7 Å². The fourth-order valence-corrected chi connectivity index (χ4v) is 4.15. The second-order valence-electron chi connectivity index (χ2n) is 6.34. The third kappa shape index (κ3) is 2.93. The second-order valence-corrected chi connectivity index (χ2v) is 7.31. The van der Waals surface area contributed by atoms with E-state index in [9.17, 15) is 27.2 Å². The molecule has 1 aliphatic heterocycles. The van der Waals surface area contributed by atoms with Gasteiger partial charge >= 0.3 is 6.18 Å². The van der Waals surface area contributed by atoms with Crippen molar-refractivity contribution in [2.75, 3.05) is 5.32 Å². The van der Waals surface area contributed by atoms with Crippen LogP contribution in [0.25, 0.3) is 11.1 Å². The average Bonchev–Trinajstić information content (AvgIpc) is 3.02. The quantitative estimate of drug-likeness (QED) is 0.433. The molecule has 0 bridgehead atoms. The van der Waals surface area contributed by atoms with Crippen LogP contribution in [0.5, 0.6) is 0 Å². The molecule has 4 rings (SSSR count). The number of nitrogens with one attached hydrogen (secondary N) is 1. The molecule has 1 atom stereocenters. The number of hydrogen-bond donors (Lipinski definition) is 1. The number of rotatable bonds is 2. The molecule has 148 valence electrons. The zero-order valence-electron chi connectivity index (χ0n) is 14.3. The van der Waals surface area contributed by atoms with Crippen LogP contribution in [0.15, 0.2) is 54.6 Å². The molecular weight excluding hydrogens is 413 g/mol. The van der Waals surface area contributed by atoms with Gasteiger partial charge in [-0.15, -0.1) is 0 Å². The van der Waals surface area contributed by atoms with Gasteiger partial charge in [0, 0.05) is 11.1 Å². The summed E-state index contributed by atoms with van der Waals surface area (Å²) < 4.78 is 69.5. The van der Waals surface area contributed by atoms with Gasteiger partial charge in [-0.3, -0.25) is 9.59 Å². The van der Waals surface area contributed by atoms with Gasteiger partial charge in [-0.25, -0.2) is 4.39 Å². The maximum Gasteiger partial charge on any atom is 0.416 e. The van der Waals surface area contributed by atoms with Crippen LogP contribution in [0.4, 0.5) is 27.0 Å². The first kappa shape index (κ1) is 19.3. The molecule has 0 saturated carbocycles. The van der Waals surface area contributed by atoms with Crippen LogP contribution < -0.4 is 5.32 Å². The average molecular weight is 423 g/mol. The van der Waals surface area contributed by atoms with E-state index in [0.717, 1.165) is 12.1 Å². The highest BCUT2D eigenvalue weighted by Gasteiger charge is 2.54. The molecule has 1 aliphatic rings. The Bertz CT molecular complexity index is 1140. The Hall–Kier alpha value is -3.07. The fraction of sp³-hybridized carbons (Fsp3) is 0.100. The molecule has 0 radical (unpaired) electrons. The first-order chi connectivity index (χ1) is 13.6. The third-order valence-electron chi connectivity index (χ3n) is 4.60. The number of halogens is 5. The third-order valence-corrected chi connectivity index (χ3v) is 5.49. The van der Waals surface area contributed by atoms with Crippen molar-refractivity contribution in [2.24, 2.45) is 0 Å². The van der Waals surface area contributed by atoms with E-state index in [2.05, 4.69) is 5.32 Å². The Morgan fingerprint density at radius 2 is 1.62 bits per heavy atom. The van der Waals surface area contributed by atoms with Crippen LogP contribution in [0.3, 0.4) is 0 Å². The lowest BCUT2D eigenvalue weighted by atomic mass is 9.82. The van der Waals surface area contributed by atoms with Crippen molar-refractivity contribution < 1.29 is 31.5 Å². The molecule has 29 heavy (non-hydrogen) atoms. The molecule has 0 fully saturated rings. The Morgan fingerprint density at radius 1 is 0.931 bits per heavy atom. The molecule has 3 nitrogen and oxygen atoms in total. The van der Waals surface area contributed by atoms with Gasteiger partial charge in [-0.2, -0.15) is 17.6 Å². The summed E-state index contributed by atoms with van der Waals surface area (Å²) >= 11 is 0.456. The number of fused-ring (bicyclic) bond motifs is 1. The zero-order chi connectivity index (χ0) is 21.0. The Morgan fingerprint density at radius 3 is 2.28 bits per heavy atom. The minimum Gasteiger partial charge on any atom is -0.313 e. The summed E-state index contributed by atoms with van der Waals surface area (Å²) in [5.41, 5.74) is -5.74. The van der Waals surface area contributed by atoms with Crippen molar-refractivity contribution in [2.45, 2.75) is 11.8 Å². The predicted molar refractivity (Wildman–Crippen MR) is 96.9 cm³/mol. The molecule has 9 heteroatoms. The topological polar surface area (TPSA) is 46.2 Å². The van der Waals surface area contributed by atoms with E-state index in [-0.39, 0.29) is 16.1 Å². The summed E-state index contributed by atoms with van der Waals surface area (Å²) in [4.78, 5) is 25.4. The van der Waals surface area contributed by atoms with Gasteiger partial charge in [0.25, 0.3) is 11.6 Å². The number of thiophene rings is 1. The van der Waals surface area contributed by atoms with Gasteiger partial charge in [-0.1, -0.05) is 53.8 Å². The SMILES string of the molecule is O=C1Nc2sc(F)c(-c3ccccc3)c2C(=O)C1(F)c1cccc(C(F)(F)F)c1. The molecular formula is C20H10F5NO2S. The highest BCUT2D eigenvalue weighted by atomic mass is 32.1. The summed E-state index contributed by atoms with van der Waals surface area (Å²) in [6.07, 6.45) is -4.80. The lowest BCUT2D eigenvalue weighted by Crippen LogP contribution is -2.47. The van der Waals surface area contributed by atoms with E-state index in [1.54, 1.807) is 18.2 Å². The summed E-state index contributed by atoms with van der Waals surface area (Å²) in [5, 5.41) is 1.13. The van der Waals surface area contributed by atoms with Gasteiger partial charge in [0.1, 0.15) is 5.00 Å². The number of alkyl halides is 4. The molecule has 1 aromatic heterocycles. The van der Waals surface area contributed by atoms with Gasteiger partial charge in [0.05, 0.1) is 11.1 Å². The smallest absolute Gasteiger partial charge is 0.313 e. The molecule has 0 aliphatic carbocycles. The number of benzene rings is 2. The Balaban J connectivity index is 1.91. The first-order valence-electron chi connectivity index (χ1n) is 8.24. The first-order valence-corrected chi connectivity index (χ1v) is 9.06. The highest BCUT2D eigenvalue weighted by Crippen LogP contribution is 2.47. The van der Waals surface area contributed by atoms with E-state index in [0.29, 0.717) is 23.5 Å². The molecule has 3 aromatic rings. The lowest BCUT2D eigenvalue weighted by Gasteiger charge is -2.28. The van der Waals surface area contributed by atoms with Crippen molar-refractivity contribution in [3.8, 4) is 11.1 Å². The normalized spacial score (nSPS) is 19.1. The lowest BCUT2D eigenvalue weighted by molar-refractivity contribution is -0.138. The van der Waals surface area contributed by atoms with E-state index in [4.69, 9.17) is 0 Å². The van der Waals surface area contributed by atoms with E-state index in [1.165, 1.54) is 12.1 Å². The zero-order valence-corrected chi connectivity index (χ0v) is 15.1. The maximum atomic E-state index is 15.8. The largest absolute Gasteiger partial charge is 0.416 e. The Labute approximate surface area is 164 Å². The van der Waals surface area contributed by atoms with Crippen LogP contribution in [0, 0.1) is 5.13 Å². The van der Waals surface area contributed by atoms with Gasteiger partial charge in [0.2, 0.25) is 5.78 Å². The second kappa shape index (κ2) is 6.48. The highest BCUT2D eigenvalue weighted by molar-refractivity contribution is 7.15. The molecule has 0 saturated heterocycles. The summed E-state index contributed by atoms with van der Waals surface area (Å²) in [6, 6.07) is 10.8. The van der Waals surface area contributed by atoms with E-state index in [1.807, 2.05) is 0 Å². The fourth-order valence-electron chi connectivity index (χ4n) is 3.21. The summed E-state index contributed by atoms with van der Waals surface area (Å²) in [5.74, 6) is -2.87. The summed E-state index contributed by atoms with van der Waals surface area (Å²) in [6.45, 7) is 0. The van der Waals surface area contributed by atoms with E-state index < -0.39 is 45.4 Å². The number of carbonyl (C=O) groups is 2. The number of ketones is 1. The molecule has 1 amide bonds. The summed E-state index contributed by atoms with van der Waals surface area (Å²) in [7, 11) is 0. The molecule has 0 spiro atoms. The van der Waals surface area contributed by atoms with Crippen molar-refractivity contribution in [1.29, 1.82) is 0 Å². The van der Waals surface area contributed by atoms with Crippen molar-refractivity contribution >= 4 is 28.0 Å². The molecule has 2 aromatic carbocycles.